The smallest absolute Gasteiger partial charge is 0.329 e. The third-order valence-corrected chi connectivity index (χ3v) is 8.60. The molecule has 9 nitrogen and oxygen atoms in total. The SMILES string of the molecule is CC(=O)O[C@H]1CO[C@H]2[C@@H]1OC[C@@H]2OC(=O)C(Cc1ccc(CC(=O)c2c(Cl)cccc2Cl)cc1)NC(=O)c1c(C)cccc1Cl. The Hall–Kier alpha value is -3.47. The van der Waals surface area contributed by atoms with E-state index in [1.807, 2.05) is 0 Å². The molecule has 2 aliphatic heterocycles. The van der Waals surface area contributed by atoms with Crippen LogP contribution in [0, 0.1) is 6.92 Å². The monoisotopic (exact) mass is 673 g/mol. The summed E-state index contributed by atoms with van der Waals surface area (Å²) >= 11 is 18.7. The van der Waals surface area contributed by atoms with E-state index in [-0.39, 0.29) is 58.0 Å². The average Bonchev–Trinajstić information content (AvgIpc) is 3.56. The van der Waals surface area contributed by atoms with E-state index in [4.69, 9.17) is 53.8 Å². The summed E-state index contributed by atoms with van der Waals surface area (Å²) in [6.45, 7) is 3.21. The van der Waals surface area contributed by atoms with Gasteiger partial charge in [-0.25, -0.2) is 4.79 Å². The predicted octanol–water partition coefficient (Wildman–Crippen LogP) is 5.36. The van der Waals surface area contributed by atoms with Crippen LogP contribution in [0.5, 0.6) is 0 Å². The number of hydrogen-bond donors (Lipinski definition) is 1. The fourth-order valence-electron chi connectivity index (χ4n) is 5.49. The molecule has 1 N–H and O–H groups in total. The number of Topliss-reactive ketones (excluding diaryl/α,β-unsaturated/α-hetero) is 1. The van der Waals surface area contributed by atoms with E-state index < -0.39 is 48.3 Å². The number of ether oxygens (including phenoxy) is 4. The molecule has 1 amide bonds. The molecular formula is C33H30Cl3NO8. The van der Waals surface area contributed by atoms with E-state index in [9.17, 15) is 19.2 Å². The maximum Gasteiger partial charge on any atom is 0.329 e. The zero-order valence-electron chi connectivity index (χ0n) is 24.4. The first-order valence-electron chi connectivity index (χ1n) is 14.2. The largest absolute Gasteiger partial charge is 0.457 e. The van der Waals surface area contributed by atoms with Crippen molar-refractivity contribution in [3.05, 3.63) is 104 Å². The molecule has 236 valence electrons. The number of esters is 2. The van der Waals surface area contributed by atoms with Gasteiger partial charge >= 0.3 is 11.9 Å². The van der Waals surface area contributed by atoms with Gasteiger partial charge < -0.3 is 24.3 Å². The molecule has 0 aromatic heterocycles. The van der Waals surface area contributed by atoms with Gasteiger partial charge in [0.25, 0.3) is 5.91 Å². The number of halogens is 3. The summed E-state index contributed by atoms with van der Waals surface area (Å²) in [6.07, 6.45) is -2.41. The van der Waals surface area contributed by atoms with Gasteiger partial charge in [0.05, 0.1) is 39.4 Å². The summed E-state index contributed by atoms with van der Waals surface area (Å²) in [6, 6.07) is 15.9. The minimum Gasteiger partial charge on any atom is -0.457 e. The van der Waals surface area contributed by atoms with Crippen molar-refractivity contribution >= 4 is 58.4 Å². The topological polar surface area (TPSA) is 117 Å². The Morgan fingerprint density at radius 1 is 0.800 bits per heavy atom. The zero-order chi connectivity index (χ0) is 32.2. The van der Waals surface area contributed by atoms with E-state index in [0.29, 0.717) is 16.7 Å². The Bertz CT molecular complexity index is 1570. The maximum atomic E-state index is 13.6. The van der Waals surface area contributed by atoms with Gasteiger partial charge in [0, 0.05) is 19.8 Å². The normalized spacial score (nSPS) is 21.1. The number of carbonyl (C=O) groups is 4. The number of fused-ring (bicyclic) bond motifs is 1. The van der Waals surface area contributed by atoms with Crippen LogP contribution in [0.15, 0.2) is 60.7 Å². The maximum absolute atomic E-state index is 13.6. The van der Waals surface area contributed by atoms with Crippen LogP contribution in [0.1, 0.15) is 44.3 Å². The quantitative estimate of drug-likeness (QED) is 0.226. The first kappa shape index (κ1) is 32.9. The second-order valence-corrected chi connectivity index (χ2v) is 12.1. The van der Waals surface area contributed by atoms with E-state index in [1.165, 1.54) is 6.92 Å². The van der Waals surface area contributed by atoms with Gasteiger partial charge in [-0.1, -0.05) is 77.3 Å². The average molecular weight is 675 g/mol. The minimum absolute atomic E-state index is 0.0430. The Morgan fingerprint density at radius 3 is 1.91 bits per heavy atom. The lowest BCUT2D eigenvalue weighted by atomic mass is 9.99. The molecule has 0 bridgehead atoms. The van der Waals surface area contributed by atoms with Crippen molar-refractivity contribution in [1.82, 2.24) is 5.32 Å². The fourth-order valence-corrected chi connectivity index (χ4v) is 6.40. The van der Waals surface area contributed by atoms with E-state index >= 15 is 0 Å². The fraction of sp³-hybridized carbons (Fsp3) is 0.333. The molecule has 0 saturated carbocycles. The molecule has 1 unspecified atom stereocenters. The molecule has 5 rings (SSSR count). The highest BCUT2D eigenvalue weighted by Crippen LogP contribution is 2.31. The van der Waals surface area contributed by atoms with Crippen molar-refractivity contribution in [2.24, 2.45) is 0 Å². The third-order valence-electron chi connectivity index (χ3n) is 7.66. The molecule has 2 heterocycles. The van der Waals surface area contributed by atoms with Gasteiger partial charge in [0.2, 0.25) is 0 Å². The van der Waals surface area contributed by atoms with Crippen molar-refractivity contribution < 1.29 is 38.1 Å². The summed E-state index contributed by atoms with van der Waals surface area (Å²) in [7, 11) is 0. The van der Waals surface area contributed by atoms with Crippen LogP contribution in [-0.2, 0) is 41.4 Å². The van der Waals surface area contributed by atoms with Crippen molar-refractivity contribution in [1.29, 1.82) is 0 Å². The van der Waals surface area contributed by atoms with Crippen molar-refractivity contribution in [3.63, 3.8) is 0 Å². The van der Waals surface area contributed by atoms with Crippen LogP contribution in [0.2, 0.25) is 15.1 Å². The lowest BCUT2D eigenvalue weighted by Crippen LogP contribution is -2.46. The van der Waals surface area contributed by atoms with Crippen LogP contribution in [-0.4, -0.2) is 67.3 Å². The summed E-state index contributed by atoms with van der Waals surface area (Å²) < 4.78 is 22.6. The van der Waals surface area contributed by atoms with E-state index in [0.717, 1.165) is 0 Å². The van der Waals surface area contributed by atoms with Gasteiger partial charge in [0.1, 0.15) is 18.2 Å². The summed E-state index contributed by atoms with van der Waals surface area (Å²) in [4.78, 5) is 51.3. The van der Waals surface area contributed by atoms with Gasteiger partial charge in [-0.15, -0.1) is 0 Å². The molecule has 12 heteroatoms. The second kappa shape index (κ2) is 14.3. The zero-order valence-corrected chi connectivity index (χ0v) is 26.7. The first-order valence-corrected chi connectivity index (χ1v) is 15.4. The van der Waals surface area contributed by atoms with Gasteiger partial charge in [-0.05, 0) is 41.8 Å². The highest BCUT2D eigenvalue weighted by Gasteiger charge is 2.51. The molecule has 45 heavy (non-hydrogen) atoms. The molecule has 2 aliphatic rings. The predicted molar refractivity (Wildman–Crippen MR) is 167 cm³/mol. The number of nitrogens with one attached hydrogen (secondary N) is 1. The molecule has 0 radical (unpaired) electrons. The highest BCUT2D eigenvalue weighted by molar-refractivity contribution is 6.39. The van der Waals surface area contributed by atoms with Crippen LogP contribution in [0.4, 0.5) is 0 Å². The van der Waals surface area contributed by atoms with Crippen LogP contribution in [0.25, 0.3) is 0 Å². The molecule has 2 saturated heterocycles. The minimum atomic E-state index is -1.10. The number of carbonyl (C=O) groups excluding carboxylic acids is 4. The standard InChI is InChI=1S/C33H30Cl3NO8/c1-17-5-3-6-21(34)28(17)32(40)37-24(33(41)45-27-16-43-30-26(44-18(2)38)15-42-31(27)30)13-19-9-11-20(12-10-19)14-25(39)29-22(35)7-4-8-23(29)36/h3-12,24,26-27,30-31H,13-16H2,1-2H3,(H,37,40)/t24?,26-,27-,30+,31+/m0/s1. The molecule has 2 fully saturated rings. The Labute approximate surface area is 275 Å². The summed E-state index contributed by atoms with van der Waals surface area (Å²) in [5, 5.41) is 3.58. The third kappa shape index (κ3) is 7.68. The molecule has 0 spiro atoms. The number of hydrogen-bond acceptors (Lipinski definition) is 8. The molecule has 5 atom stereocenters. The van der Waals surface area contributed by atoms with Crippen LogP contribution >= 0.6 is 34.8 Å². The lowest BCUT2D eigenvalue weighted by Gasteiger charge is -2.23. The summed E-state index contributed by atoms with van der Waals surface area (Å²) in [5.74, 6) is -1.93. The Morgan fingerprint density at radius 2 is 1.33 bits per heavy atom. The van der Waals surface area contributed by atoms with E-state index in [2.05, 4.69) is 5.32 Å². The highest BCUT2D eigenvalue weighted by atomic mass is 35.5. The molecule has 3 aromatic carbocycles. The Balaban J connectivity index is 1.31. The van der Waals surface area contributed by atoms with Crippen LogP contribution in [0.3, 0.4) is 0 Å². The number of ketones is 1. The van der Waals surface area contributed by atoms with Crippen LogP contribution < -0.4 is 5.32 Å². The second-order valence-electron chi connectivity index (χ2n) is 10.9. The number of rotatable bonds is 10. The van der Waals surface area contributed by atoms with Gasteiger partial charge in [-0.2, -0.15) is 0 Å². The number of amides is 1. The Kier molecular flexibility index (Phi) is 10.5. The molecule has 0 aliphatic carbocycles. The van der Waals surface area contributed by atoms with Crippen molar-refractivity contribution in [2.45, 2.75) is 57.1 Å². The van der Waals surface area contributed by atoms with Crippen molar-refractivity contribution in [3.8, 4) is 0 Å². The summed E-state index contributed by atoms with van der Waals surface area (Å²) in [5.41, 5.74) is 2.56. The van der Waals surface area contributed by atoms with Gasteiger partial charge in [0.15, 0.2) is 18.0 Å². The molecule has 3 aromatic rings. The van der Waals surface area contributed by atoms with Crippen molar-refractivity contribution in [2.75, 3.05) is 13.2 Å². The molecular weight excluding hydrogens is 645 g/mol. The van der Waals surface area contributed by atoms with Gasteiger partial charge in [-0.3, -0.25) is 14.4 Å². The number of aryl methyl sites for hydroxylation is 1. The lowest BCUT2D eigenvalue weighted by molar-refractivity contribution is -0.156. The van der Waals surface area contributed by atoms with E-state index in [1.54, 1.807) is 67.6 Å². The first-order chi connectivity index (χ1) is 21.5. The number of benzene rings is 3.